The molecule has 2 heterocycles. The third-order valence-corrected chi connectivity index (χ3v) is 5.15. The maximum absolute atomic E-state index is 12.0. The lowest BCUT2D eigenvalue weighted by Crippen LogP contribution is -2.31. The Balaban J connectivity index is 1.31. The molecule has 30 heavy (non-hydrogen) atoms. The van der Waals surface area contributed by atoms with E-state index < -0.39 is 0 Å². The van der Waals surface area contributed by atoms with Gasteiger partial charge < -0.3 is 14.6 Å². The first-order chi connectivity index (χ1) is 14.6. The topological polar surface area (TPSA) is 82.2 Å². The molecule has 1 aromatic carbocycles. The second kappa shape index (κ2) is 9.17. The summed E-state index contributed by atoms with van der Waals surface area (Å²) in [6.07, 6.45) is 11.4. The van der Waals surface area contributed by atoms with E-state index in [4.69, 9.17) is 16.3 Å². The summed E-state index contributed by atoms with van der Waals surface area (Å²) in [6, 6.07) is 7.14. The van der Waals surface area contributed by atoms with Crippen LogP contribution in [0.5, 0.6) is 5.75 Å². The number of rotatable bonds is 9. The molecule has 0 unspecified atom stereocenters. The van der Waals surface area contributed by atoms with Gasteiger partial charge in [0.25, 0.3) is 5.91 Å². The summed E-state index contributed by atoms with van der Waals surface area (Å²) in [5.41, 5.74) is 2.16. The van der Waals surface area contributed by atoms with Crippen molar-refractivity contribution in [2.75, 3.05) is 6.61 Å². The number of amides is 1. The number of ether oxygens (including phenoxy) is 1. The first-order valence-corrected chi connectivity index (χ1v) is 10.3. The van der Waals surface area contributed by atoms with Gasteiger partial charge in [0.1, 0.15) is 12.0 Å². The van der Waals surface area contributed by atoms with E-state index >= 15 is 0 Å². The van der Waals surface area contributed by atoms with E-state index in [1.165, 1.54) is 25.2 Å². The van der Waals surface area contributed by atoms with E-state index in [-0.39, 0.29) is 17.6 Å². The fourth-order valence-electron chi connectivity index (χ4n) is 2.89. The minimum absolute atomic E-state index is 0.171. The lowest BCUT2D eigenvalue weighted by Gasteiger charge is -2.09. The molecule has 1 saturated carbocycles. The highest BCUT2D eigenvalue weighted by Crippen LogP contribution is 2.30. The zero-order valence-corrected chi connectivity index (χ0v) is 17.4. The van der Waals surface area contributed by atoms with E-state index in [2.05, 4.69) is 20.1 Å². The lowest BCUT2D eigenvalue weighted by molar-refractivity contribution is 0.0938. The van der Waals surface area contributed by atoms with Gasteiger partial charge in [0, 0.05) is 28.9 Å². The summed E-state index contributed by atoms with van der Waals surface area (Å²) in [4.78, 5) is 12.0. The number of aromatic nitrogens is 3. The van der Waals surface area contributed by atoms with Gasteiger partial charge in [-0.25, -0.2) is 0 Å². The molecule has 2 aromatic heterocycles. The van der Waals surface area contributed by atoms with Crippen molar-refractivity contribution < 1.29 is 14.1 Å². The summed E-state index contributed by atoms with van der Waals surface area (Å²) in [7, 11) is 0. The summed E-state index contributed by atoms with van der Waals surface area (Å²) >= 11 is 6.42. The molecule has 1 N–H and O–H groups in total. The minimum Gasteiger partial charge on any atom is -0.493 e. The van der Waals surface area contributed by atoms with Crippen molar-refractivity contribution in [2.45, 2.75) is 32.4 Å². The minimum atomic E-state index is -0.282. The van der Waals surface area contributed by atoms with Gasteiger partial charge in [-0.1, -0.05) is 35.0 Å². The second-order valence-corrected chi connectivity index (χ2v) is 7.89. The van der Waals surface area contributed by atoms with Crippen LogP contribution < -0.4 is 10.1 Å². The molecular formula is C22H23ClN4O3. The van der Waals surface area contributed by atoms with Crippen molar-refractivity contribution in [2.24, 2.45) is 5.92 Å². The average molecular weight is 427 g/mol. The Morgan fingerprint density at radius 3 is 3.03 bits per heavy atom. The van der Waals surface area contributed by atoms with Crippen molar-refractivity contribution in [1.29, 1.82) is 0 Å². The van der Waals surface area contributed by atoms with Gasteiger partial charge >= 0.3 is 0 Å². The van der Waals surface area contributed by atoms with Crippen LogP contribution in [0.15, 0.2) is 53.5 Å². The predicted molar refractivity (Wildman–Crippen MR) is 113 cm³/mol. The number of carbonyl (C=O) groups is 1. The third kappa shape index (κ3) is 5.51. The third-order valence-electron chi connectivity index (χ3n) is 4.80. The molecule has 1 atom stereocenters. The van der Waals surface area contributed by atoms with Crippen molar-refractivity contribution in [3.05, 3.63) is 70.8 Å². The fraction of sp³-hybridized carbons (Fsp3) is 0.318. The molecule has 1 aliphatic carbocycles. The molecule has 0 radical (unpaired) electrons. The number of nitrogens with zero attached hydrogens (tertiary/aromatic N) is 3. The van der Waals surface area contributed by atoms with E-state index in [1.807, 2.05) is 48.2 Å². The van der Waals surface area contributed by atoms with Crippen LogP contribution in [0, 0.1) is 5.92 Å². The highest BCUT2D eigenvalue weighted by atomic mass is 35.5. The number of halogens is 1. The molecule has 0 aliphatic heterocycles. The number of benzene rings is 1. The molecule has 0 bridgehead atoms. The smallest absolute Gasteiger partial charge is 0.273 e. The van der Waals surface area contributed by atoms with E-state index in [9.17, 15) is 4.79 Å². The van der Waals surface area contributed by atoms with E-state index in [1.54, 1.807) is 6.20 Å². The normalized spacial score (nSPS) is 14.7. The van der Waals surface area contributed by atoms with Gasteiger partial charge in [-0.3, -0.25) is 9.48 Å². The Bertz CT molecular complexity index is 1020. The number of hydrogen-bond donors (Lipinski definition) is 1. The molecule has 8 heteroatoms. The van der Waals surface area contributed by atoms with Crippen LogP contribution in [0.1, 0.15) is 41.4 Å². The highest BCUT2D eigenvalue weighted by molar-refractivity contribution is 6.31. The Hall–Kier alpha value is -3.06. The van der Waals surface area contributed by atoms with Crippen molar-refractivity contribution in [1.82, 2.24) is 20.3 Å². The van der Waals surface area contributed by atoms with Crippen LogP contribution in [-0.2, 0) is 6.54 Å². The fourth-order valence-corrected chi connectivity index (χ4v) is 3.12. The molecule has 0 spiro atoms. The summed E-state index contributed by atoms with van der Waals surface area (Å²) < 4.78 is 12.3. The highest BCUT2D eigenvalue weighted by Gasteiger charge is 2.22. The van der Waals surface area contributed by atoms with Gasteiger partial charge in [-0.05, 0) is 43.4 Å². The van der Waals surface area contributed by atoms with Crippen LogP contribution in [0.3, 0.4) is 0 Å². The Labute approximate surface area is 179 Å². The standard InChI is InChI=1S/C22H23ClN4O3/c1-15(25-22(28)21-8-9-30-26-21)2-3-17-11-24-27(12-17)13-18-6-7-19(10-20(18)23)29-14-16-4-5-16/h2-3,6-12,15-16H,4-5,13-14H2,1H3,(H,25,28)/b3-2+/t15-/m0/s1. The molecule has 1 amide bonds. The number of hydrogen-bond acceptors (Lipinski definition) is 5. The van der Waals surface area contributed by atoms with Crippen molar-refractivity contribution >= 4 is 23.6 Å². The first kappa shape index (κ1) is 20.2. The Morgan fingerprint density at radius 1 is 1.43 bits per heavy atom. The van der Waals surface area contributed by atoms with E-state index in [0.29, 0.717) is 17.5 Å². The lowest BCUT2D eigenvalue weighted by atomic mass is 10.2. The predicted octanol–water partition coefficient (Wildman–Crippen LogP) is 4.19. The Kier molecular flexibility index (Phi) is 6.18. The maximum atomic E-state index is 12.0. The second-order valence-electron chi connectivity index (χ2n) is 7.48. The summed E-state index contributed by atoms with van der Waals surface area (Å²) in [6.45, 7) is 3.21. The molecule has 1 fully saturated rings. The van der Waals surface area contributed by atoms with Crippen LogP contribution in [-0.4, -0.2) is 33.5 Å². The molecule has 4 rings (SSSR count). The van der Waals surface area contributed by atoms with Gasteiger partial charge in [-0.2, -0.15) is 5.10 Å². The molecule has 1 aliphatic rings. The zero-order chi connectivity index (χ0) is 20.9. The summed E-state index contributed by atoms with van der Waals surface area (Å²) in [5.74, 6) is 1.23. The SMILES string of the molecule is C[C@@H](/C=C/c1cnn(Cc2ccc(OCC3CC3)cc2Cl)c1)NC(=O)c1ccon1. The van der Waals surface area contributed by atoms with Crippen molar-refractivity contribution in [3.8, 4) is 5.75 Å². The molecule has 0 saturated heterocycles. The number of carbonyl (C=O) groups excluding carboxylic acids is 1. The van der Waals surface area contributed by atoms with Crippen LogP contribution in [0.25, 0.3) is 6.08 Å². The van der Waals surface area contributed by atoms with Crippen molar-refractivity contribution in [3.63, 3.8) is 0 Å². The largest absolute Gasteiger partial charge is 0.493 e. The maximum Gasteiger partial charge on any atom is 0.273 e. The molecular weight excluding hydrogens is 404 g/mol. The van der Waals surface area contributed by atoms with Gasteiger partial charge in [0.05, 0.1) is 19.3 Å². The monoisotopic (exact) mass is 426 g/mol. The summed E-state index contributed by atoms with van der Waals surface area (Å²) in [5, 5.41) is 11.5. The van der Waals surface area contributed by atoms with Crippen LogP contribution >= 0.6 is 11.6 Å². The zero-order valence-electron chi connectivity index (χ0n) is 16.6. The first-order valence-electron chi connectivity index (χ1n) is 9.90. The van der Waals surface area contributed by atoms with E-state index in [0.717, 1.165) is 23.5 Å². The van der Waals surface area contributed by atoms with Gasteiger partial charge in [-0.15, -0.1) is 0 Å². The molecule has 7 nitrogen and oxygen atoms in total. The average Bonchev–Trinajstić information content (AvgIpc) is 3.20. The van der Waals surface area contributed by atoms with Gasteiger partial charge in [0.2, 0.25) is 0 Å². The molecule has 3 aromatic rings. The van der Waals surface area contributed by atoms with Gasteiger partial charge in [0.15, 0.2) is 5.69 Å². The van der Waals surface area contributed by atoms with Crippen LogP contribution in [0.4, 0.5) is 0 Å². The Morgan fingerprint density at radius 2 is 2.30 bits per heavy atom. The molecule has 156 valence electrons. The quantitative estimate of drug-likeness (QED) is 0.554. The van der Waals surface area contributed by atoms with Crippen LogP contribution in [0.2, 0.25) is 5.02 Å². The number of nitrogens with one attached hydrogen (secondary N) is 1.